The maximum absolute atomic E-state index is 14.1. The van der Waals surface area contributed by atoms with Crippen LogP contribution in [0, 0.1) is 5.95 Å². The van der Waals surface area contributed by atoms with Gasteiger partial charge in [-0.25, -0.2) is 14.6 Å². The van der Waals surface area contributed by atoms with Crippen LogP contribution in [0.1, 0.15) is 0 Å². The highest BCUT2D eigenvalue weighted by Gasteiger charge is 2.38. The number of nitrogens with zero attached hydrogens (tertiary/aromatic N) is 1. The zero-order valence-electron chi connectivity index (χ0n) is 11.5. The highest BCUT2D eigenvalue weighted by Crippen LogP contribution is 2.40. The second kappa shape index (κ2) is 5.75. The molecule has 2 unspecified atom stereocenters. The van der Waals surface area contributed by atoms with Gasteiger partial charge in [-0.15, -0.1) is 0 Å². The van der Waals surface area contributed by atoms with Gasteiger partial charge in [0.25, 0.3) is 0 Å². The lowest BCUT2D eigenvalue weighted by molar-refractivity contribution is -0.164. The van der Waals surface area contributed by atoms with E-state index in [0.717, 1.165) is 6.20 Å². The van der Waals surface area contributed by atoms with Gasteiger partial charge in [-0.3, -0.25) is 0 Å². The predicted octanol–water partition coefficient (Wildman–Crippen LogP) is 0.434. The molecule has 0 radical (unpaired) electrons. The summed E-state index contributed by atoms with van der Waals surface area (Å²) in [6.07, 6.45) is -3.40. The van der Waals surface area contributed by atoms with E-state index in [9.17, 15) is 24.2 Å². The third-order valence-corrected chi connectivity index (χ3v) is 3.21. The number of hydrogen-bond donors (Lipinski definition) is 2. The largest absolute Gasteiger partial charge is 0.420 e. The summed E-state index contributed by atoms with van der Waals surface area (Å²) < 4.78 is 23.9. The molecule has 0 fully saturated rings. The summed E-state index contributed by atoms with van der Waals surface area (Å²) in [4.78, 5) is 26.9. The van der Waals surface area contributed by atoms with E-state index in [-0.39, 0.29) is 11.3 Å². The number of carbonyl (C=O) groups is 2. The van der Waals surface area contributed by atoms with Crippen molar-refractivity contribution in [3.8, 4) is 22.6 Å². The minimum Gasteiger partial charge on any atom is -0.420 e. The third kappa shape index (κ3) is 2.65. The normalized spacial score (nSPS) is 20.8. The molecule has 2 aromatic rings. The number of aromatic nitrogens is 1. The average Bonchev–Trinajstić information content (AvgIpc) is 2.56. The number of hydrogen-bond acceptors (Lipinski definition) is 7. The van der Waals surface area contributed by atoms with Gasteiger partial charge in [-0.2, -0.15) is 4.39 Å². The molecule has 0 saturated carbocycles. The third-order valence-electron chi connectivity index (χ3n) is 3.21. The van der Waals surface area contributed by atoms with E-state index in [4.69, 9.17) is 9.47 Å². The summed E-state index contributed by atoms with van der Waals surface area (Å²) in [5, 5.41) is 19.0. The number of rotatable bonds is 1. The molecule has 2 atom stereocenters. The molecule has 1 aliphatic rings. The van der Waals surface area contributed by atoms with E-state index < -0.39 is 35.8 Å². The number of carbonyl (C=O) groups excluding carboxylic acids is 2. The fraction of sp³-hybridized carbons (Fsp3) is 0.133. The van der Waals surface area contributed by atoms with Gasteiger partial charge in [0.2, 0.25) is 5.95 Å². The molecule has 23 heavy (non-hydrogen) atoms. The van der Waals surface area contributed by atoms with Crippen molar-refractivity contribution in [1.29, 1.82) is 0 Å². The van der Waals surface area contributed by atoms with Gasteiger partial charge in [-0.05, 0) is 5.56 Å². The summed E-state index contributed by atoms with van der Waals surface area (Å²) in [7, 11) is 0. The molecule has 3 rings (SSSR count). The van der Waals surface area contributed by atoms with Gasteiger partial charge >= 0.3 is 11.9 Å². The van der Waals surface area contributed by atoms with Crippen LogP contribution in [0.5, 0.6) is 11.5 Å². The molecule has 0 amide bonds. The predicted molar refractivity (Wildman–Crippen MR) is 72.9 cm³/mol. The van der Waals surface area contributed by atoms with Crippen LogP contribution in [0.15, 0.2) is 36.5 Å². The topological polar surface area (TPSA) is 106 Å². The monoisotopic (exact) mass is 319 g/mol. The second-order valence-electron chi connectivity index (χ2n) is 4.72. The Kier molecular flexibility index (Phi) is 3.77. The van der Waals surface area contributed by atoms with Crippen molar-refractivity contribution in [2.75, 3.05) is 0 Å². The SMILES string of the molecule is O=C1Oc2cnc(F)c(-c3ccccc3)c2OC(=O)C(O)C1O. The Morgan fingerprint density at radius 2 is 1.61 bits per heavy atom. The average molecular weight is 319 g/mol. The van der Waals surface area contributed by atoms with Crippen molar-refractivity contribution in [2.45, 2.75) is 12.2 Å². The Bertz CT molecular complexity index is 779. The van der Waals surface area contributed by atoms with Crippen LogP contribution in [0.3, 0.4) is 0 Å². The number of pyridine rings is 1. The fourth-order valence-corrected chi connectivity index (χ4v) is 2.07. The van der Waals surface area contributed by atoms with Crippen LogP contribution in [0.2, 0.25) is 0 Å². The van der Waals surface area contributed by atoms with Gasteiger partial charge < -0.3 is 19.7 Å². The zero-order valence-corrected chi connectivity index (χ0v) is 11.5. The quantitative estimate of drug-likeness (QED) is 0.580. The maximum atomic E-state index is 14.1. The highest BCUT2D eigenvalue weighted by atomic mass is 19.1. The molecule has 0 bridgehead atoms. The van der Waals surface area contributed by atoms with Crippen LogP contribution in [0.25, 0.3) is 11.1 Å². The summed E-state index contributed by atoms with van der Waals surface area (Å²) in [5.41, 5.74) is 0.127. The van der Waals surface area contributed by atoms with Gasteiger partial charge in [0.05, 0.1) is 11.8 Å². The molecule has 1 aliphatic heterocycles. The van der Waals surface area contributed by atoms with E-state index in [2.05, 4.69) is 4.98 Å². The number of aliphatic hydroxyl groups is 2. The lowest BCUT2D eigenvalue weighted by Gasteiger charge is -2.22. The molecule has 1 aromatic carbocycles. The molecule has 0 aliphatic carbocycles. The van der Waals surface area contributed by atoms with E-state index in [0.29, 0.717) is 5.56 Å². The maximum Gasteiger partial charge on any atom is 0.343 e. The van der Waals surface area contributed by atoms with E-state index in [1.54, 1.807) is 30.3 Å². The van der Waals surface area contributed by atoms with Crippen LogP contribution in [0.4, 0.5) is 4.39 Å². The van der Waals surface area contributed by atoms with Crippen molar-refractivity contribution in [3.63, 3.8) is 0 Å². The number of ether oxygens (including phenoxy) is 2. The Balaban J connectivity index is 2.20. The standard InChI is InChI=1S/C15H10FNO6/c16-13-9(7-4-2-1-3-5-7)12-8(6-17-13)22-14(20)10(18)11(19)15(21)23-12/h1-6,10-11,18-19H. The molecule has 0 saturated heterocycles. The molecular formula is C15H10FNO6. The Hall–Kier alpha value is -2.84. The lowest BCUT2D eigenvalue weighted by atomic mass is 10.1. The smallest absolute Gasteiger partial charge is 0.343 e. The Morgan fingerprint density at radius 1 is 1.00 bits per heavy atom. The van der Waals surface area contributed by atoms with Crippen molar-refractivity contribution in [2.24, 2.45) is 0 Å². The van der Waals surface area contributed by atoms with E-state index in [1.807, 2.05) is 0 Å². The Morgan fingerprint density at radius 3 is 2.26 bits per heavy atom. The summed E-state index contributed by atoms with van der Waals surface area (Å²) >= 11 is 0. The second-order valence-corrected chi connectivity index (χ2v) is 4.72. The van der Waals surface area contributed by atoms with Crippen molar-refractivity contribution >= 4 is 11.9 Å². The molecule has 8 heteroatoms. The first-order valence-electron chi connectivity index (χ1n) is 6.52. The summed E-state index contributed by atoms with van der Waals surface area (Å²) in [5.74, 6) is -4.27. The first-order chi connectivity index (χ1) is 11.0. The molecular weight excluding hydrogens is 309 g/mol. The summed E-state index contributed by atoms with van der Waals surface area (Å²) in [6, 6.07) is 8.04. The summed E-state index contributed by atoms with van der Waals surface area (Å²) in [6.45, 7) is 0. The van der Waals surface area contributed by atoms with Crippen LogP contribution in [-0.4, -0.2) is 39.3 Å². The fourth-order valence-electron chi connectivity index (χ4n) is 2.07. The molecule has 2 N–H and O–H groups in total. The van der Waals surface area contributed by atoms with Gasteiger partial charge in [0.15, 0.2) is 23.7 Å². The zero-order chi connectivity index (χ0) is 16.6. The molecule has 2 heterocycles. The van der Waals surface area contributed by atoms with Crippen molar-refractivity contribution < 1.29 is 33.7 Å². The lowest BCUT2D eigenvalue weighted by Crippen LogP contribution is -2.45. The first kappa shape index (κ1) is 15.1. The molecule has 7 nitrogen and oxygen atoms in total. The van der Waals surface area contributed by atoms with Gasteiger partial charge in [0, 0.05) is 0 Å². The number of aliphatic hydroxyl groups excluding tert-OH is 2. The first-order valence-corrected chi connectivity index (χ1v) is 6.52. The Labute approximate surface area is 128 Å². The van der Waals surface area contributed by atoms with Gasteiger partial charge in [-0.1, -0.05) is 30.3 Å². The van der Waals surface area contributed by atoms with Gasteiger partial charge in [0.1, 0.15) is 0 Å². The van der Waals surface area contributed by atoms with Crippen molar-refractivity contribution in [1.82, 2.24) is 4.98 Å². The van der Waals surface area contributed by atoms with E-state index >= 15 is 0 Å². The number of halogens is 1. The molecule has 0 spiro atoms. The number of benzene rings is 1. The number of fused-ring (bicyclic) bond motifs is 1. The van der Waals surface area contributed by atoms with Crippen LogP contribution >= 0.6 is 0 Å². The highest BCUT2D eigenvalue weighted by molar-refractivity contribution is 5.91. The van der Waals surface area contributed by atoms with Crippen LogP contribution < -0.4 is 9.47 Å². The number of esters is 2. The minimum absolute atomic E-state index is 0.201. The molecule has 118 valence electrons. The molecule has 1 aromatic heterocycles. The van der Waals surface area contributed by atoms with Crippen molar-refractivity contribution in [3.05, 3.63) is 42.5 Å². The van der Waals surface area contributed by atoms with Crippen LogP contribution in [-0.2, 0) is 9.59 Å². The minimum atomic E-state index is -2.14. The van der Waals surface area contributed by atoms with E-state index in [1.165, 1.54) is 0 Å².